The molecule has 3 nitrogen and oxygen atoms in total. The average Bonchev–Trinajstić information content (AvgIpc) is 2.58. The fourth-order valence-corrected chi connectivity index (χ4v) is 2.58. The summed E-state index contributed by atoms with van der Waals surface area (Å²) in [5.41, 5.74) is 3.66. The van der Waals surface area contributed by atoms with Gasteiger partial charge in [-0.1, -0.05) is 29.3 Å². The van der Waals surface area contributed by atoms with Crippen molar-refractivity contribution in [3.8, 4) is 0 Å². The number of hydrogen-bond acceptors (Lipinski definition) is 2. The lowest BCUT2D eigenvalue weighted by atomic mass is 10.00. The van der Waals surface area contributed by atoms with Crippen molar-refractivity contribution in [2.45, 2.75) is 26.4 Å². The predicted molar refractivity (Wildman–Crippen MR) is 77.8 cm³/mol. The molecule has 1 N–H and O–H groups in total. The summed E-state index contributed by atoms with van der Waals surface area (Å²) in [6, 6.07) is 5.40. The van der Waals surface area contributed by atoms with E-state index in [0.29, 0.717) is 16.5 Å². The standard InChI is InChI=1S/C14H16Cl2N2O/c1-8-14(9(2)18(3)17-8)13(19)7-10-4-5-11(15)12(16)6-10/h4-6,13,19H,7H2,1-3H3. The number of aromatic nitrogens is 2. The first-order valence-electron chi connectivity index (χ1n) is 6.02. The lowest BCUT2D eigenvalue weighted by molar-refractivity contribution is 0.177. The Morgan fingerprint density at radius 2 is 1.95 bits per heavy atom. The number of aryl methyl sites for hydroxylation is 2. The van der Waals surface area contributed by atoms with Gasteiger partial charge in [-0.15, -0.1) is 0 Å². The quantitative estimate of drug-likeness (QED) is 0.940. The second kappa shape index (κ2) is 5.53. The zero-order valence-electron chi connectivity index (χ0n) is 11.1. The van der Waals surface area contributed by atoms with Crippen molar-refractivity contribution in [1.29, 1.82) is 0 Å². The highest BCUT2D eigenvalue weighted by Gasteiger charge is 2.18. The van der Waals surface area contributed by atoms with E-state index in [9.17, 15) is 5.11 Å². The third kappa shape index (κ3) is 2.94. The van der Waals surface area contributed by atoms with Gasteiger partial charge in [-0.2, -0.15) is 5.10 Å². The first-order valence-corrected chi connectivity index (χ1v) is 6.78. The van der Waals surface area contributed by atoms with E-state index in [-0.39, 0.29) is 0 Å². The largest absolute Gasteiger partial charge is 0.388 e. The molecule has 0 aliphatic rings. The molecule has 1 atom stereocenters. The summed E-state index contributed by atoms with van der Waals surface area (Å²) in [6.45, 7) is 3.85. The van der Waals surface area contributed by atoms with Crippen LogP contribution in [0.1, 0.15) is 28.6 Å². The minimum atomic E-state index is -0.592. The molecular weight excluding hydrogens is 283 g/mol. The molecule has 102 valence electrons. The monoisotopic (exact) mass is 298 g/mol. The van der Waals surface area contributed by atoms with E-state index >= 15 is 0 Å². The van der Waals surface area contributed by atoms with E-state index in [1.165, 1.54) is 0 Å². The van der Waals surface area contributed by atoms with Crippen LogP contribution in [0.3, 0.4) is 0 Å². The SMILES string of the molecule is Cc1nn(C)c(C)c1C(O)Cc1ccc(Cl)c(Cl)c1. The lowest BCUT2D eigenvalue weighted by Gasteiger charge is -2.12. The number of halogens is 2. The topological polar surface area (TPSA) is 38.0 Å². The number of benzene rings is 1. The van der Waals surface area contributed by atoms with Crippen LogP contribution in [0.25, 0.3) is 0 Å². The normalized spacial score (nSPS) is 12.7. The molecule has 5 heteroatoms. The van der Waals surface area contributed by atoms with Crippen LogP contribution in [-0.4, -0.2) is 14.9 Å². The molecule has 1 aromatic carbocycles. The molecule has 0 bridgehead atoms. The number of nitrogens with zero attached hydrogens (tertiary/aromatic N) is 2. The molecule has 0 radical (unpaired) electrons. The van der Waals surface area contributed by atoms with Crippen molar-refractivity contribution < 1.29 is 5.11 Å². The zero-order chi connectivity index (χ0) is 14.2. The van der Waals surface area contributed by atoms with Gasteiger partial charge in [0.2, 0.25) is 0 Å². The van der Waals surface area contributed by atoms with E-state index < -0.39 is 6.10 Å². The minimum absolute atomic E-state index is 0.490. The molecule has 0 spiro atoms. The number of aliphatic hydroxyl groups is 1. The minimum Gasteiger partial charge on any atom is -0.388 e. The van der Waals surface area contributed by atoms with Crippen molar-refractivity contribution in [1.82, 2.24) is 9.78 Å². The smallest absolute Gasteiger partial charge is 0.0866 e. The van der Waals surface area contributed by atoms with Gasteiger partial charge in [0.15, 0.2) is 0 Å². The van der Waals surface area contributed by atoms with E-state index in [4.69, 9.17) is 23.2 Å². The Hall–Kier alpha value is -1.03. The van der Waals surface area contributed by atoms with E-state index in [1.54, 1.807) is 16.8 Å². The second-order valence-electron chi connectivity index (χ2n) is 4.68. The molecule has 2 rings (SSSR count). The maximum atomic E-state index is 10.4. The van der Waals surface area contributed by atoms with Gasteiger partial charge in [0, 0.05) is 24.7 Å². The van der Waals surface area contributed by atoms with Gasteiger partial charge < -0.3 is 5.11 Å². The van der Waals surface area contributed by atoms with Crippen LogP contribution in [0, 0.1) is 13.8 Å². The van der Waals surface area contributed by atoms with Crippen molar-refractivity contribution in [2.24, 2.45) is 7.05 Å². The summed E-state index contributed by atoms with van der Waals surface area (Å²) < 4.78 is 1.78. The molecule has 1 unspecified atom stereocenters. The van der Waals surface area contributed by atoms with Crippen molar-refractivity contribution in [3.05, 3.63) is 50.8 Å². The summed E-state index contributed by atoms with van der Waals surface area (Å²) in [5.74, 6) is 0. The Labute approximate surface area is 122 Å². The molecule has 0 fully saturated rings. The van der Waals surface area contributed by atoms with Gasteiger partial charge >= 0.3 is 0 Å². The average molecular weight is 299 g/mol. The lowest BCUT2D eigenvalue weighted by Crippen LogP contribution is -2.05. The molecule has 0 aliphatic heterocycles. The van der Waals surface area contributed by atoms with E-state index in [1.807, 2.05) is 27.0 Å². The van der Waals surface area contributed by atoms with E-state index in [2.05, 4.69) is 5.10 Å². The molecule has 1 aromatic heterocycles. The third-order valence-corrected chi connectivity index (χ3v) is 4.05. The Morgan fingerprint density at radius 3 is 2.47 bits per heavy atom. The number of aliphatic hydroxyl groups excluding tert-OH is 1. The predicted octanol–water partition coefficient (Wildman–Crippen LogP) is 3.62. The summed E-state index contributed by atoms with van der Waals surface area (Å²) in [5, 5.41) is 15.7. The van der Waals surface area contributed by atoms with Crippen molar-refractivity contribution in [2.75, 3.05) is 0 Å². The van der Waals surface area contributed by atoms with Gasteiger partial charge in [-0.25, -0.2) is 0 Å². The fraction of sp³-hybridized carbons (Fsp3) is 0.357. The molecule has 0 saturated carbocycles. The van der Waals surface area contributed by atoms with Gasteiger partial charge in [0.05, 0.1) is 21.8 Å². The first kappa shape index (κ1) is 14.4. The Balaban J connectivity index is 2.25. The molecule has 0 saturated heterocycles. The van der Waals surface area contributed by atoms with Crippen LogP contribution >= 0.6 is 23.2 Å². The summed E-state index contributed by atoms with van der Waals surface area (Å²) in [6.07, 6.45) is -0.101. The second-order valence-corrected chi connectivity index (χ2v) is 5.49. The van der Waals surface area contributed by atoms with Crippen LogP contribution in [-0.2, 0) is 13.5 Å². The van der Waals surface area contributed by atoms with Crippen LogP contribution in [0.5, 0.6) is 0 Å². The number of hydrogen-bond donors (Lipinski definition) is 1. The van der Waals surface area contributed by atoms with Gasteiger partial charge in [0.25, 0.3) is 0 Å². The third-order valence-electron chi connectivity index (χ3n) is 3.31. The fourth-order valence-electron chi connectivity index (χ4n) is 2.26. The summed E-state index contributed by atoms with van der Waals surface area (Å²) >= 11 is 11.9. The van der Waals surface area contributed by atoms with Crippen LogP contribution < -0.4 is 0 Å². The highest BCUT2D eigenvalue weighted by molar-refractivity contribution is 6.42. The molecule has 2 aromatic rings. The van der Waals surface area contributed by atoms with Crippen LogP contribution in [0.4, 0.5) is 0 Å². The summed E-state index contributed by atoms with van der Waals surface area (Å²) in [7, 11) is 1.87. The maximum absolute atomic E-state index is 10.4. The zero-order valence-corrected chi connectivity index (χ0v) is 12.6. The van der Waals surface area contributed by atoms with E-state index in [0.717, 1.165) is 22.5 Å². The summed E-state index contributed by atoms with van der Waals surface area (Å²) in [4.78, 5) is 0. The Bertz CT molecular complexity index is 608. The molecular formula is C14H16Cl2N2O. The number of rotatable bonds is 3. The molecule has 1 heterocycles. The first-order chi connectivity index (χ1) is 8.90. The Kier molecular flexibility index (Phi) is 4.19. The van der Waals surface area contributed by atoms with Crippen LogP contribution in [0.15, 0.2) is 18.2 Å². The highest BCUT2D eigenvalue weighted by atomic mass is 35.5. The van der Waals surface area contributed by atoms with Gasteiger partial charge in [0.1, 0.15) is 0 Å². The Morgan fingerprint density at radius 1 is 1.26 bits per heavy atom. The maximum Gasteiger partial charge on any atom is 0.0866 e. The van der Waals surface area contributed by atoms with Gasteiger partial charge in [-0.05, 0) is 31.5 Å². The molecule has 19 heavy (non-hydrogen) atoms. The van der Waals surface area contributed by atoms with Crippen molar-refractivity contribution in [3.63, 3.8) is 0 Å². The molecule has 0 amide bonds. The van der Waals surface area contributed by atoms with Gasteiger partial charge in [-0.3, -0.25) is 4.68 Å². The molecule has 0 aliphatic carbocycles. The van der Waals surface area contributed by atoms with Crippen LogP contribution in [0.2, 0.25) is 10.0 Å². The highest BCUT2D eigenvalue weighted by Crippen LogP contribution is 2.27. The van der Waals surface area contributed by atoms with Crippen molar-refractivity contribution >= 4 is 23.2 Å².